The number of halogens is 1. The Bertz CT molecular complexity index is 1100. The quantitative estimate of drug-likeness (QED) is 0.617. The molecule has 3 aromatic rings. The van der Waals surface area contributed by atoms with E-state index in [-0.39, 0.29) is 29.8 Å². The van der Waals surface area contributed by atoms with Crippen molar-refractivity contribution >= 4 is 49.1 Å². The zero-order chi connectivity index (χ0) is 20.4. The van der Waals surface area contributed by atoms with E-state index < -0.39 is 10.0 Å². The Morgan fingerprint density at radius 1 is 1.21 bits per heavy atom. The summed E-state index contributed by atoms with van der Waals surface area (Å²) in [6.07, 6.45) is 1.90. The Morgan fingerprint density at radius 3 is 2.72 bits per heavy atom. The number of likely N-dealkylation sites (tertiary alicyclic amines) is 1. The largest absolute Gasteiger partial charge is 0.333 e. The van der Waals surface area contributed by atoms with Crippen molar-refractivity contribution in [2.75, 3.05) is 13.1 Å². The standard InChI is InChI=1S/C20H20ClN3O3S2/c21-14-7-9-15(10-8-14)29(26,27)22-12-11-19(25)24-13-3-5-17(24)20-23-16-4-1-2-6-18(16)28-20/h1-2,4,6-10,17,22H,3,5,11-13H2/t17-/m0/s1. The summed E-state index contributed by atoms with van der Waals surface area (Å²) >= 11 is 7.42. The summed E-state index contributed by atoms with van der Waals surface area (Å²) in [6.45, 7) is 0.718. The van der Waals surface area contributed by atoms with Gasteiger partial charge in [0.1, 0.15) is 5.01 Å². The van der Waals surface area contributed by atoms with Crippen LogP contribution in [0.3, 0.4) is 0 Å². The first-order valence-electron chi connectivity index (χ1n) is 9.34. The maximum atomic E-state index is 12.8. The molecule has 1 atom stereocenters. The number of hydrogen-bond acceptors (Lipinski definition) is 5. The van der Waals surface area contributed by atoms with Crippen molar-refractivity contribution in [2.45, 2.75) is 30.2 Å². The molecule has 1 amide bonds. The first-order valence-corrected chi connectivity index (χ1v) is 12.0. The maximum Gasteiger partial charge on any atom is 0.240 e. The van der Waals surface area contributed by atoms with Crippen molar-refractivity contribution in [3.63, 3.8) is 0 Å². The van der Waals surface area contributed by atoms with Gasteiger partial charge in [-0.15, -0.1) is 11.3 Å². The summed E-state index contributed by atoms with van der Waals surface area (Å²) < 4.78 is 28.3. The summed E-state index contributed by atoms with van der Waals surface area (Å²) in [7, 11) is -3.67. The Labute approximate surface area is 178 Å². The number of fused-ring (bicyclic) bond motifs is 1. The van der Waals surface area contributed by atoms with E-state index in [9.17, 15) is 13.2 Å². The number of carbonyl (C=O) groups is 1. The van der Waals surface area contributed by atoms with Gasteiger partial charge in [-0.2, -0.15) is 0 Å². The number of benzene rings is 2. The van der Waals surface area contributed by atoms with E-state index in [0.29, 0.717) is 11.6 Å². The predicted octanol–water partition coefficient (Wildman–Crippen LogP) is 3.98. The molecule has 1 N–H and O–H groups in total. The van der Waals surface area contributed by atoms with Gasteiger partial charge in [-0.1, -0.05) is 23.7 Å². The lowest BCUT2D eigenvalue weighted by atomic mass is 10.2. The molecular formula is C20H20ClN3O3S2. The van der Waals surface area contributed by atoms with E-state index >= 15 is 0 Å². The third-order valence-electron chi connectivity index (χ3n) is 4.92. The van der Waals surface area contributed by atoms with Crippen LogP contribution in [-0.4, -0.2) is 37.3 Å². The van der Waals surface area contributed by atoms with E-state index in [1.54, 1.807) is 11.3 Å². The zero-order valence-corrected chi connectivity index (χ0v) is 17.9. The molecular weight excluding hydrogens is 430 g/mol. The Kier molecular flexibility index (Phi) is 5.87. The second-order valence-corrected chi connectivity index (χ2v) is 10.1. The van der Waals surface area contributed by atoms with E-state index in [1.807, 2.05) is 29.2 Å². The lowest BCUT2D eigenvalue weighted by molar-refractivity contribution is -0.131. The van der Waals surface area contributed by atoms with Gasteiger partial charge in [0.15, 0.2) is 0 Å². The molecule has 152 valence electrons. The molecule has 29 heavy (non-hydrogen) atoms. The van der Waals surface area contributed by atoms with Gasteiger partial charge in [-0.25, -0.2) is 18.1 Å². The first-order chi connectivity index (χ1) is 13.9. The van der Waals surface area contributed by atoms with Gasteiger partial charge < -0.3 is 4.90 Å². The van der Waals surface area contributed by atoms with Crippen molar-refractivity contribution in [3.05, 3.63) is 58.6 Å². The van der Waals surface area contributed by atoms with Gasteiger partial charge in [0.25, 0.3) is 0 Å². The molecule has 2 heterocycles. The van der Waals surface area contributed by atoms with Crippen molar-refractivity contribution in [1.29, 1.82) is 0 Å². The molecule has 1 aromatic heterocycles. The minimum absolute atomic E-state index is 0.0345. The van der Waals surface area contributed by atoms with Crippen LogP contribution in [0.5, 0.6) is 0 Å². The monoisotopic (exact) mass is 449 g/mol. The molecule has 0 bridgehead atoms. The van der Waals surface area contributed by atoms with E-state index in [2.05, 4.69) is 4.72 Å². The van der Waals surface area contributed by atoms with Crippen LogP contribution in [-0.2, 0) is 14.8 Å². The highest BCUT2D eigenvalue weighted by molar-refractivity contribution is 7.89. The van der Waals surface area contributed by atoms with Crippen LogP contribution in [0, 0.1) is 0 Å². The molecule has 1 fully saturated rings. The number of hydrogen-bond donors (Lipinski definition) is 1. The minimum Gasteiger partial charge on any atom is -0.333 e. The topological polar surface area (TPSA) is 79.4 Å². The normalized spacial score (nSPS) is 17.1. The lowest BCUT2D eigenvalue weighted by Gasteiger charge is -2.23. The zero-order valence-electron chi connectivity index (χ0n) is 15.5. The molecule has 0 saturated carbocycles. The Morgan fingerprint density at radius 2 is 1.97 bits per heavy atom. The molecule has 0 spiro atoms. The number of nitrogens with one attached hydrogen (secondary N) is 1. The van der Waals surface area contributed by atoms with Gasteiger partial charge >= 0.3 is 0 Å². The summed E-state index contributed by atoms with van der Waals surface area (Å²) in [5.74, 6) is -0.0643. The van der Waals surface area contributed by atoms with Crippen LogP contribution in [0.15, 0.2) is 53.4 Å². The highest BCUT2D eigenvalue weighted by Gasteiger charge is 2.32. The van der Waals surface area contributed by atoms with Gasteiger partial charge in [0.05, 0.1) is 21.2 Å². The maximum absolute atomic E-state index is 12.8. The minimum atomic E-state index is -3.67. The number of carbonyl (C=O) groups excluding carboxylic acids is 1. The van der Waals surface area contributed by atoms with Gasteiger partial charge in [-0.3, -0.25) is 4.79 Å². The van der Waals surface area contributed by atoms with Crippen molar-refractivity contribution in [3.8, 4) is 0 Å². The molecule has 0 unspecified atom stereocenters. The van der Waals surface area contributed by atoms with Crippen LogP contribution in [0.1, 0.15) is 30.3 Å². The third kappa shape index (κ3) is 4.45. The fraction of sp³-hybridized carbons (Fsp3) is 0.300. The van der Waals surface area contributed by atoms with Crippen LogP contribution < -0.4 is 4.72 Å². The fourth-order valence-electron chi connectivity index (χ4n) is 3.49. The molecule has 9 heteroatoms. The smallest absolute Gasteiger partial charge is 0.240 e. The van der Waals surface area contributed by atoms with Crippen LogP contribution in [0.4, 0.5) is 0 Å². The summed E-state index contributed by atoms with van der Waals surface area (Å²) in [5.41, 5.74) is 0.947. The van der Waals surface area contributed by atoms with Crippen LogP contribution in [0.25, 0.3) is 10.2 Å². The fourth-order valence-corrected chi connectivity index (χ4v) is 5.76. The molecule has 4 rings (SSSR count). The van der Waals surface area contributed by atoms with Crippen molar-refractivity contribution < 1.29 is 13.2 Å². The summed E-state index contributed by atoms with van der Waals surface area (Å²) in [5, 5.41) is 1.41. The second-order valence-electron chi connectivity index (χ2n) is 6.87. The second kappa shape index (κ2) is 8.39. The Hall–Kier alpha value is -2.00. The number of nitrogens with zero attached hydrogens (tertiary/aromatic N) is 2. The van der Waals surface area contributed by atoms with Gasteiger partial charge in [0.2, 0.25) is 15.9 Å². The average molecular weight is 450 g/mol. The molecule has 1 saturated heterocycles. The highest BCUT2D eigenvalue weighted by Crippen LogP contribution is 2.36. The Balaban J connectivity index is 1.39. The molecule has 1 aliphatic rings. The van der Waals surface area contributed by atoms with Crippen molar-refractivity contribution in [2.24, 2.45) is 0 Å². The van der Waals surface area contributed by atoms with Gasteiger partial charge in [0, 0.05) is 24.5 Å². The SMILES string of the molecule is O=C(CCNS(=O)(=O)c1ccc(Cl)cc1)N1CCC[C@H]1c1nc2ccccc2s1. The van der Waals surface area contributed by atoms with E-state index in [0.717, 1.165) is 28.1 Å². The number of aromatic nitrogens is 1. The highest BCUT2D eigenvalue weighted by atomic mass is 35.5. The summed E-state index contributed by atoms with van der Waals surface area (Å²) in [6, 6.07) is 13.8. The molecule has 0 radical (unpaired) electrons. The van der Waals surface area contributed by atoms with E-state index in [4.69, 9.17) is 16.6 Å². The molecule has 2 aromatic carbocycles. The molecule has 0 aliphatic carbocycles. The van der Waals surface area contributed by atoms with Crippen LogP contribution in [0.2, 0.25) is 5.02 Å². The number of rotatable bonds is 6. The third-order valence-corrected chi connectivity index (χ3v) is 7.79. The molecule has 6 nitrogen and oxygen atoms in total. The number of sulfonamides is 1. The number of amides is 1. The first kappa shape index (κ1) is 20.3. The molecule has 1 aliphatic heterocycles. The number of para-hydroxylation sites is 1. The predicted molar refractivity (Wildman–Crippen MR) is 115 cm³/mol. The number of thiazole rings is 1. The summed E-state index contributed by atoms with van der Waals surface area (Å²) in [4.78, 5) is 19.4. The van der Waals surface area contributed by atoms with Crippen LogP contribution >= 0.6 is 22.9 Å². The van der Waals surface area contributed by atoms with E-state index in [1.165, 1.54) is 24.3 Å². The van der Waals surface area contributed by atoms with Gasteiger partial charge in [-0.05, 0) is 49.2 Å². The van der Waals surface area contributed by atoms with Crippen molar-refractivity contribution in [1.82, 2.24) is 14.6 Å². The average Bonchev–Trinajstić information content (AvgIpc) is 3.34. The lowest BCUT2D eigenvalue weighted by Crippen LogP contribution is -2.34.